The van der Waals surface area contributed by atoms with E-state index >= 15 is 0 Å². The first kappa shape index (κ1) is 17.3. The minimum absolute atomic E-state index is 0.385. The molecule has 3 rings (SSSR count). The summed E-state index contributed by atoms with van der Waals surface area (Å²) in [5, 5.41) is 11.0. The van der Waals surface area contributed by atoms with Crippen molar-refractivity contribution in [3.05, 3.63) is 60.2 Å². The van der Waals surface area contributed by atoms with Gasteiger partial charge in [-0.15, -0.1) is 0 Å². The van der Waals surface area contributed by atoms with Crippen LogP contribution < -0.4 is 5.19 Å². The summed E-state index contributed by atoms with van der Waals surface area (Å²) in [7, 11) is -0.460. The van der Waals surface area contributed by atoms with Crippen LogP contribution >= 0.6 is 0 Å². The molecule has 1 aliphatic heterocycles. The fourth-order valence-corrected chi connectivity index (χ4v) is 7.23. The highest BCUT2D eigenvalue weighted by atomic mass is 28.3. The summed E-state index contributed by atoms with van der Waals surface area (Å²) in [6, 6.07) is 22.0. The molecule has 24 heavy (non-hydrogen) atoms. The molecule has 1 aliphatic rings. The van der Waals surface area contributed by atoms with Gasteiger partial charge in [0.1, 0.15) is 5.75 Å². The SMILES string of the molecule is CCCCCC1(c2ccccc2)CC[Si](c2ccc(O)cc2)CC1. The van der Waals surface area contributed by atoms with E-state index in [4.69, 9.17) is 0 Å². The van der Waals surface area contributed by atoms with Crippen LogP contribution in [0.2, 0.25) is 12.1 Å². The van der Waals surface area contributed by atoms with Crippen LogP contribution in [0.4, 0.5) is 0 Å². The fourth-order valence-electron chi connectivity index (χ4n) is 4.20. The van der Waals surface area contributed by atoms with E-state index in [9.17, 15) is 5.11 Å². The highest BCUT2D eigenvalue weighted by Gasteiger charge is 2.37. The molecule has 1 heterocycles. The molecule has 0 bridgehead atoms. The first-order valence-corrected chi connectivity index (χ1v) is 11.3. The van der Waals surface area contributed by atoms with Crippen molar-refractivity contribution in [3.8, 4) is 5.75 Å². The van der Waals surface area contributed by atoms with Crippen LogP contribution in [0.1, 0.15) is 51.0 Å². The molecule has 0 spiro atoms. The largest absolute Gasteiger partial charge is 0.508 e. The van der Waals surface area contributed by atoms with E-state index in [0.717, 1.165) is 0 Å². The third-order valence-electron chi connectivity index (χ3n) is 5.73. The highest BCUT2D eigenvalue weighted by Crippen LogP contribution is 2.43. The van der Waals surface area contributed by atoms with Crippen molar-refractivity contribution in [1.82, 2.24) is 0 Å². The average molecular weight is 338 g/mol. The number of rotatable bonds is 6. The molecule has 1 fully saturated rings. The van der Waals surface area contributed by atoms with Crippen LogP contribution in [-0.4, -0.2) is 13.9 Å². The van der Waals surface area contributed by atoms with Gasteiger partial charge >= 0.3 is 0 Å². The lowest BCUT2D eigenvalue weighted by atomic mass is 9.72. The summed E-state index contributed by atoms with van der Waals surface area (Å²) in [5.74, 6) is 0.385. The average Bonchev–Trinajstić information content (AvgIpc) is 2.64. The standard InChI is InChI=1S/C22H29OSi/c1-2-3-7-14-22(19-8-5-4-6-9-19)15-17-24(18-16-22)21-12-10-20(23)11-13-21/h4-6,8-13,23H,2-3,7,14-18H2,1H3. The molecule has 0 aliphatic carbocycles. The Morgan fingerprint density at radius 2 is 1.58 bits per heavy atom. The molecule has 0 aromatic heterocycles. The normalized spacial score (nSPS) is 17.7. The zero-order chi connectivity index (χ0) is 16.8. The Balaban J connectivity index is 1.73. The minimum Gasteiger partial charge on any atom is -0.508 e. The van der Waals surface area contributed by atoms with Crippen molar-refractivity contribution in [2.24, 2.45) is 0 Å². The molecule has 1 saturated heterocycles. The monoisotopic (exact) mass is 337 g/mol. The van der Waals surface area contributed by atoms with E-state index in [1.54, 1.807) is 5.56 Å². The lowest BCUT2D eigenvalue weighted by Gasteiger charge is -2.41. The first-order valence-electron chi connectivity index (χ1n) is 9.43. The molecule has 2 heteroatoms. The fraction of sp³-hybridized carbons (Fsp3) is 0.455. The Bertz CT molecular complexity index is 612. The number of hydrogen-bond donors (Lipinski definition) is 1. The molecule has 0 saturated carbocycles. The molecular weight excluding hydrogens is 308 g/mol. The lowest BCUT2D eigenvalue weighted by Crippen LogP contribution is -2.40. The molecule has 1 nitrogen and oxygen atoms in total. The van der Waals surface area contributed by atoms with Gasteiger partial charge in [-0.3, -0.25) is 0 Å². The van der Waals surface area contributed by atoms with Crippen LogP contribution in [0.25, 0.3) is 0 Å². The van der Waals surface area contributed by atoms with Crippen molar-refractivity contribution >= 4 is 14.0 Å². The Morgan fingerprint density at radius 1 is 0.917 bits per heavy atom. The van der Waals surface area contributed by atoms with Gasteiger partial charge in [0.15, 0.2) is 0 Å². The summed E-state index contributed by atoms with van der Waals surface area (Å²) in [4.78, 5) is 0. The third-order valence-corrected chi connectivity index (χ3v) is 8.59. The Kier molecular flexibility index (Phi) is 5.78. The maximum Gasteiger partial charge on any atom is 0.115 e. The van der Waals surface area contributed by atoms with Gasteiger partial charge in [0.25, 0.3) is 0 Å². The summed E-state index contributed by atoms with van der Waals surface area (Å²) >= 11 is 0. The predicted octanol–water partition coefficient (Wildman–Crippen LogP) is 5.41. The van der Waals surface area contributed by atoms with Crippen LogP contribution in [0.15, 0.2) is 54.6 Å². The number of phenolic OH excluding ortho intramolecular Hbond substituents is 1. The van der Waals surface area contributed by atoms with Crippen molar-refractivity contribution in [2.75, 3.05) is 0 Å². The molecule has 2 aromatic rings. The third kappa shape index (κ3) is 3.92. The summed E-state index contributed by atoms with van der Waals surface area (Å²) < 4.78 is 0. The molecule has 2 aromatic carbocycles. The van der Waals surface area contributed by atoms with Gasteiger partial charge in [-0.2, -0.15) is 0 Å². The van der Waals surface area contributed by atoms with Crippen molar-refractivity contribution in [2.45, 2.75) is 63.0 Å². The number of phenols is 1. The van der Waals surface area contributed by atoms with Gasteiger partial charge in [0.2, 0.25) is 0 Å². The number of hydrogen-bond acceptors (Lipinski definition) is 1. The van der Waals surface area contributed by atoms with Gasteiger partial charge in [0.05, 0.1) is 8.80 Å². The van der Waals surface area contributed by atoms with Gasteiger partial charge < -0.3 is 5.11 Å². The summed E-state index contributed by atoms with van der Waals surface area (Å²) in [5.41, 5.74) is 1.97. The van der Waals surface area contributed by atoms with E-state index < -0.39 is 8.80 Å². The summed E-state index contributed by atoms with van der Waals surface area (Å²) in [6.45, 7) is 2.29. The van der Waals surface area contributed by atoms with E-state index in [1.165, 1.54) is 55.8 Å². The van der Waals surface area contributed by atoms with Crippen molar-refractivity contribution in [3.63, 3.8) is 0 Å². The summed E-state index contributed by atoms with van der Waals surface area (Å²) in [6.07, 6.45) is 8.01. The number of aromatic hydroxyl groups is 1. The predicted molar refractivity (Wildman–Crippen MR) is 105 cm³/mol. The molecule has 1 N–H and O–H groups in total. The topological polar surface area (TPSA) is 20.2 Å². The maximum absolute atomic E-state index is 9.52. The smallest absolute Gasteiger partial charge is 0.115 e. The number of unbranched alkanes of at least 4 members (excludes halogenated alkanes) is 2. The van der Waals surface area contributed by atoms with Crippen LogP contribution in [0, 0.1) is 0 Å². The van der Waals surface area contributed by atoms with E-state index in [1.807, 2.05) is 12.1 Å². The van der Waals surface area contributed by atoms with Crippen LogP contribution in [0.3, 0.4) is 0 Å². The van der Waals surface area contributed by atoms with Gasteiger partial charge in [-0.25, -0.2) is 0 Å². The van der Waals surface area contributed by atoms with Gasteiger partial charge in [-0.1, -0.05) is 85.9 Å². The zero-order valence-electron chi connectivity index (χ0n) is 14.8. The molecule has 1 radical (unpaired) electrons. The second-order valence-electron chi connectivity index (χ2n) is 7.25. The van der Waals surface area contributed by atoms with Gasteiger partial charge in [0, 0.05) is 0 Å². The van der Waals surface area contributed by atoms with E-state index in [2.05, 4.69) is 49.4 Å². The quantitative estimate of drug-likeness (QED) is 0.552. The Labute approximate surface area is 148 Å². The molecule has 0 atom stereocenters. The second-order valence-corrected chi connectivity index (χ2v) is 10.0. The van der Waals surface area contributed by atoms with Crippen molar-refractivity contribution in [1.29, 1.82) is 0 Å². The van der Waals surface area contributed by atoms with Crippen LogP contribution in [0.5, 0.6) is 5.75 Å². The molecular formula is C22H29OSi. The van der Waals surface area contributed by atoms with Gasteiger partial charge in [-0.05, 0) is 42.4 Å². The van der Waals surface area contributed by atoms with Crippen LogP contribution in [-0.2, 0) is 5.41 Å². The zero-order valence-corrected chi connectivity index (χ0v) is 15.8. The molecule has 127 valence electrons. The van der Waals surface area contributed by atoms with E-state index in [-0.39, 0.29) is 0 Å². The maximum atomic E-state index is 9.52. The first-order chi connectivity index (χ1) is 11.7. The highest BCUT2D eigenvalue weighted by molar-refractivity contribution is 6.73. The second kappa shape index (κ2) is 8.02. The molecule has 0 amide bonds. The number of benzene rings is 2. The molecule has 0 unspecified atom stereocenters. The van der Waals surface area contributed by atoms with Crippen molar-refractivity contribution < 1.29 is 5.11 Å². The van der Waals surface area contributed by atoms with E-state index in [0.29, 0.717) is 11.2 Å². The Hall–Kier alpha value is -1.54. The Morgan fingerprint density at radius 3 is 2.21 bits per heavy atom. The lowest BCUT2D eigenvalue weighted by molar-refractivity contribution is 0.338. The minimum atomic E-state index is -0.460.